The standard InChI is InChI=1S/C20H26N6O.HI/c1-21-20(24-16-19(27)23-15-17-7-3-2-4-8-17)26-13-11-25(12-14-26)18-9-5-6-10-22-18;/h2-10H,11-16H2,1H3,(H,21,24)(H,23,27);1H. The number of pyridine rings is 1. The number of benzene rings is 1. The van der Waals surface area contributed by atoms with E-state index in [1.54, 1.807) is 7.05 Å². The van der Waals surface area contributed by atoms with Crippen molar-refractivity contribution < 1.29 is 4.79 Å². The van der Waals surface area contributed by atoms with E-state index >= 15 is 0 Å². The van der Waals surface area contributed by atoms with E-state index in [1.807, 2.05) is 54.7 Å². The van der Waals surface area contributed by atoms with Gasteiger partial charge in [-0.05, 0) is 17.7 Å². The number of carbonyl (C=O) groups excluding carboxylic acids is 1. The predicted octanol–water partition coefficient (Wildman–Crippen LogP) is 1.71. The van der Waals surface area contributed by atoms with Crippen LogP contribution < -0.4 is 15.5 Å². The van der Waals surface area contributed by atoms with Crippen LogP contribution in [0.4, 0.5) is 5.82 Å². The quantitative estimate of drug-likeness (QED) is 0.377. The van der Waals surface area contributed by atoms with Crippen molar-refractivity contribution in [1.82, 2.24) is 20.5 Å². The second-order valence-corrected chi connectivity index (χ2v) is 6.33. The minimum absolute atomic E-state index is 0. The molecular weight excluding hydrogens is 467 g/mol. The Bertz CT molecular complexity index is 748. The molecule has 2 heterocycles. The fourth-order valence-corrected chi connectivity index (χ4v) is 3.04. The molecule has 3 rings (SSSR count). The molecule has 0 unspecified atom stereocenters. The van der Waals surface area contributed by atoms with E-state index in [0.29, 0.717) is 6.54 Å². The van der Waals surface area contributed by atoms with Crippen LogP contribution in [0.3, 0.4) is 0 Å². The lowest BCUT2D eigenvalue weighted by Crippen LogP contribution is -2.53. The first-order valence-corrected chi connectivity index (χ1v) is 9.18. The monoisotopic (exact) mass is 494 g/mol. The molecular formula is C20H27IN6O. The van der Waals surface area contributed by atoms with Gasteiger partial charge in [0.15, 0.2) is 5.96 Å². The van der Waals surface area contributed by atoms with Crippen molar-refractivity contribution in [2.24, 2.45) is 4.99 Å². The van der Waals surface area contributed by atoms with Gasteiger partial charge < -0.3 is 20.4 Å². The van der Waals surface area contributed by atoms with Crippen LogP contribution in [0.25, 0.3) is 0 Å². The van der Waals surface area contributed by atoms with E-state index in [4.69, 9.17) is 0 Å². The number of halogens is 1. The lowest BCUT2D eigenvalue weighted by Gasteiger charge is -2.37. The highest BCUT2D eigenvalue weighted by atomic mass is 127. The number of nitrogens with zero attached hydrogens (tertiary/aromatic N) is 4. The molecule has 1 amide bonds. The number of rotatable bonds is 5. The molecule has 1 aliphatic heterocycles. The fraction of sp³-hybridized carbons (Fsp3) is 0.350. The summed E-state index contributed by atoms with van der Waals surface area (Å²) in [5, 5.41) is 6.08. The van der Waals surface area contributed by atoms with E-state index in [1.165, 1.54) is 0 Å². The van der Waals surface area contributed by atoms with Crippen LogP contribution in [0.1, 0.15) is 5.56 Å². The molecule has 150 valence electrons. The normalized spacial score (nSPS) is 14.2. The van der Waals surface area contributed by atoms with Gasteiger partial charge in [0.05, 0.1) is 6.54 Å². The van der Waals surface area contributed by atoms with Gasteiger partial charge in [0.25, 0.3) is 0 Å². The Hall–Kier alpha value is -2.36. The number of aliphatic imine (C=N–C) groups is 1. The summed E-state index contributed by atoms with van der Waals surface area (Å²) in [4.78, 5) is 25.2. The van der Waals surface area contributed by atoms with Gasteiger partial charge in [0, 0.05) is 46.0 Å². The third-order valence-corrected chi connectivity index (χ3v) is 4.50. The third kappa shape index (κ3) is 6.36. The summed E-state index contributed by atoms with van der Waals surface area (Å²) >= 11 is 0. The number of guanidine groups is 1. The van der Waals surface area contributed by atoms with Gasteiger partial charge in [0.1, 0.15) is 5.82 Å². The van der Waals surface area contributed by atoms with Crippen molar-refractivity contribution in [2.45, 2.75) is 6.54 Å². The number of amides is 1. The lowest BCUT2D eigenvalue weighted by atomic mass is 10.2. The first-order valence-electron chi connectivity index (χ1n) is 9.18. The minimum Gasteiger partial charge on any atom is -0.353 e. The highest BCUT2D eigenvalue weighted by Crippen LogP contribution is 2.12. The van der Waals surface area contributed by atoms with Crippen LogP contribution in [0.15, 0.2) is 59.7 Å². The topological polar surface area (TPSA) is 72.9 Å². The summed E-state index contributed by atoms with van der Waals surface area (Å²) in [7, 11) is 1.75. The largest absolute Gasteiger partial charge is 0.353 e. The van der Waals surface area contributed by atoms with Crippen LogP contribution in [-0.4, -0.2) is 61.5 Å². The number of nitrogens with one attached hydrogen (secondary N) is 2. The van der Waals surface area contributed by atoms with Crippen molar-refractivity contribution in [3.05, 3.63) is 60.3 Å². The van der Waals surface area contributed by atoms with Crippen molar-refractivity contribution in [2.75, 3.05) is 44.7 Å². The molecule has 28 heavy (non-hydrogen) atoms. The maximum absolute atomic E-state index is 12.1. The molecule has 0 radical (unpaired) electrons. The van der Waals surface area contributed by atoms with Crippen LogP contribution in [0, 0.1) is 0 Å². The molecule has 2 N–H and O–H groups in total. The summed E-state index contributed by atoms with van der Waals surface area (Å²) < 4.78 is 0. The van der Waals surface area contributed by atoms with Gasteiger partial charge in [-0.15, -0.1) is 24.0 Å². The minimum atomic E-state index is -0.0490. The van der Waals surface area contributed by atoms with Gasteiger partial charge in [-0.2, -0.15) is 0 Å². The molecule has 2 aromatic rings. The maximum Gasteiger partial charge on any atom is 0.239 e. The number of carbonyl (C=O) groups is 1. The molecule has 0 aliphatic carbocycles. The average molecular weight is 494 g/mol. The van der Waals surface area contributed by atoms with Gasteiger partial charge in [-0.1, -0.05) is 36.4 Å². The van der Waals surface area contributed by atoms with Crippen LogP contribution in [-0.2, 0) is 11.3 Å². The van der Waals surface area contributed by atoms with Crippen molar-refractivity contribution in [3.63, 3.8) is 0 Å². The van der Waals surface area contributed by atoms with Crippen LogP contribution in [0.5, 0.6) is 0 Å². The Balaban J connectivity index is 0.00000280. The zero-order valence-corrected chi connectivity index (χ0v) is 18.4. The van der Waals surface area contributed by atoms with Gasteiger partial charge in [0.2, 0.25) is 5.91 Å². The summed E-state index contributed by atoms with van der Waals surface area (Å²) in [6.07, 6.45) is 1.82. The molecule has 1 fully saturated rings. The third-order valence-electron chi connectivity index (χ3n) is 4.50. The second kappa shape index (κ2) is 11.5. The van der Waals surface area contributed by atoms with Crippen molar-refractivity contribution in [3.8, 4) is 0 Å². The molecule has 0 bridgehead atoms. The van der Waals surface area contributed by atoms with Crippen molar-refractivity contribution in [1.29, 1.82) is 0 Å². The summed E-state index contributed by atoms with van der Waals surface area (Å²) in [5.41, 5.74) is 1.08. The Kier molecular flexibility index (Phi) is 8.99. The Labute approximate surface area is 183 Å². The maximum atomic E-state index is 12.1. The average Bonchev–Trinajstić information content (AvgIpc) is 2.74. The Morgan fingerprint density at radius 2 is 1.75 bits per heavy atom. The molecule has 1 aromatic heterocycles. The molecule has 0 saturated carbocycles. The Morgan fingerprint density at radius 1 is 1.04 bits per heavy atom. The molecule has 1 aliphatic rings. The summed E-state index contributed by atoms with van der Waals surface area (Å²) in [6.45, 7) is 4.16. The zero-order chi connectivity index (χ0) is 18.9. The highest BCUT2D eigenvalue weighted by Gasteiger charge is 2.20. The molecule has 0 spiro atoms. The fourth-order valence-electron chi connectivity index (χ4n) is 3.04. The van der Waals surface area contributed by atoms with E-state index in [9.17, 15) is 4.79 Å². The molecule has 1 aromatic carbocycles. The summed E-state index contributed by atoms with van der Waals surface area (Å²) in [5.74, 6) is 1.71. The number of piperazine rings is 1. The van der Waals surface area contributed by atoms with Gasteiger partial charge in [-0.3, -0.25) is 9.79 Å². The Morgan fingerprint density at radius 3 is 2.39 bits per heavy atom. The van der Waals surface area contributed by atoms with E-state index < -0.39 is 0 Å². The zero-order valence-electron chi connectivity index (χ0n) is 16.0. The van der Waals surface area contributed by atoms with E-state index in [2.05, 4.69) is 30.4 Å². The molecule has 8 heteroatoms. The highest BCUT2D eigenvalue weighted by molar-refractivity contribution is 14.0. The van der Waals surface area contributed by atoms with Gasteiger partial charge >= 0.3 is 0 Å². The summed E-state index contributed by atoms with van der Waals surface area (Å²) in [6, 6.07) is 15.8. The number of hydrogen-bond donors (Lipinski definition) is 2. The predicted molar refractivity (Wildman–Crippen MR) is 123 cm³/mol. The second-order valence-electron chi connectivity index (χ2n) is 6.33. The molecule has 0 atom stereocenters. The van der Waals surface area contributed by atoms with E-state index in [0.717, 1.165) is 43.5 Å². The number of hydrogen-bond acceptors (Lipinski definition) is 4. The number of anilines is 1. The van der Waals surface area contributed by atoms with Crippen LogP contribution in [0.2, 0.25) is 0 Å². The smallest absolute Gasteiger partial charge is 0.239 e. The lowest BCUT2D eigenvalue weighted by molar-refractivity contribution is -0.120. The van der Waals surface area contributed by atoms with Gasteiger partial charge in [-0.25, -0.2) is 4.98 Å². The van der Waals surface area contributed by atoms with Crippen LogP contribution >= 0.6 is 24.0 Å². The molecule has 7 nitrogen and oxygen atoms in total. The van der Waals surface area contributed by atoms with E-state index in [-0.39, 0.29) is 36.4 Å². The van der Waals surface area contributed by atoms with Crippen molar-refractivity contribution >= 4 is 41.7 Å². The molecule has 1 saturated heterocycles. The first-order chi connectivity index (χ1) is 13.3. The number of aromatic nitrogens is 1. The first kappa shape index (κ1) is 21.9. The SMILES string of the molecule is CN=C(NCC(=O)NCc1ccccc1)N1CCN(c2ccccn2)CC1.I.